The first-order valence-electron chi connectivity index (χ1n) is 5.96. The molecule has 19 heavy (non-hydrogen) atoms. The van der Waals surface area contributed by atoms with E-state index in [0.29, 0.717) is 24.1 Å². The number of carbonyl (C=O) groups excluding carboxylic acids is 3. The second-order valence-electron chi connectivity index (χ2n) is 4.51. The molecule has 0 aliphatic carbocycles. The van der Waals surface area contributed by atoms with Crippen molar-refractivity contribution in [3.8, 4) is 0 Å². The molecule has 0 saturated heterocycles. The zero-order valence-corrected chi connectivity index (χ0v) is 10.3. The topological polar surface area (TPSA) is 106 Å². The van der Waals surface area contributed by atoms with Crippen LogP contribution in [-0.4, -0.2) is 29.0 Å². The standard InChI is InChI=1S/C13H15N3O3/c14-11-3-1-2-9-10(11)6-16(13(9)19)8(7-17)4-5-12(15)18/h1-3,7-8H,4-6,14H2,(H2,15,18). The number of anilines is 1. The second kappa shape index (κ2) is 5.09. The van der Waals surface area contributed by atoms with Crippen LogP contribution in [0.1, 0.15) is 28.8 Å². The van der Waals surface area contributed by atoms with Gasteiger partial charge in [-0.1, -0.05) is 6.07 Å². The number of carbonyl (C=O) groups is 3. The second-order valence-corrected chi connectivity index (χ2v) is 4.51. The molecule has 2 rings (SSSR count). The molecular weight excluding hydrogens is 246 g/mol. The Hall–Kier alpha value is -2.37. The Kier molecular flexibility index (Phi) is 3.50. The van der Waals surface area contributed by atoms with E-state index in [4.69, 9.17) is 11.5 Å². The number of primary amides is 1. The van der Waals surface area contributed by atoms with E-state index in [2.05, 4.69) is 0 Å². The summed E-state index contributed by atoms with van der Waals surface area (Å²) in [6.07, 6.45) is 0.973. The van der Waals surface area contributed by atoms with E-state index in [9.17, 15) is 14.4 Å². The average Bonchev–Trinajstić information content (AvgIpc) is 2.70. The SMILES string of the molecule is NC(=O)CCC(C=O)N1Cc2c(N)cccc2C1=O. The number of amides is 2. The van der Waals surface area contributed by atoms with Gasteiger partial charge in [-0.2, -0.15) is 0 Å². The maximum atomic E-state index is 12.2. The van der Waals surface area contributed by atoms with Crippen LogP contribution in [0.5, 0.6) is 0 Å². The quantitative estimate of drug-likeness (QED) is 0.577. The molecule has 1 aromatic carbocycles. The van der Waals surface area contributed by atoms with E-state index in [0.717, 1.165) is 5.56 Å². The molecule has 1 atom stereocenters. The van der Waals surface area contributed by atoms with E-state index in [1.165, 1.54) is 4.90 Å². The maximum Gasteiger partial charge on any atom is 0.255 e. The van der Waals surface area contributed by atoms with Gasteiger partial charge in [-0.15, -0.1) is 0 Å². The molecule has 0 fully saturated rings. The molecule has 100 valence electrons. The molecule has 2 amide bonds. The zero-order valence-electron chi connectivity index (χ0n) is 10.3. The summed E-state index contributed by atoms with van der Waals surface area (Å²) in [4.78, 5) is 35.5. The molecule has 1 aliphatic rings. The van der Waals surface area contributed by atoms with Crippen molar-refractivity contribution in [2.24, 2.45) is 5.73 Å². The molecule has 6 heteroatoms. The van der Waals surface area contributed by atoms with Gasteiger partial charge >= 0.3 is 0 Å². The Morgan fingerprint density at radius 1 is 1.47 bits per heavy atom. The lowest BCUT2D eigenvalue weighted by molar-refractivity contribution is -0.118. The van der Waals surface area contributed by atoms with Gasteiger partial charge in [0.15, 0.2) is 0 Å². The molecule has 0 saturated carbocycles. The van der Waals surface area contributed by atoms with Crippen LogP contribution >= 0.6 is 0 Å². The van der Waals surface area contributed by atoms with Gasteiger partial charge in [-0.3, -0.25) is 9.59 Å². The van der Waals surface area contributed by atoms with Crippen molar-refractivity contribution in [3.05, 3.63) is 29.3 Å². The number of nitrogens with two attached hydrogens (primary N) is 2. The minimum Gasteiger partial charge on any atom is -0.398 e. The number of rotatable bonds is 5. The predicted octanol–water partition coefficient (Wildman–Crippen LogP) is 0.0576. The summed E-state index contributed by atoms with van der Waals surface area (Å²) < 4.78 is 0. The summed E-state index contributed by atoms with van der Waals surface area (Å²) in [5.41, 5.74) is 12.7. The number of nitrogen functional groups attached to an aromatic ring is 1. The Bertz CT molecular complexity index is 542. The van der Waals surface area contributed by atoms with Gasteiger partial charge < -0.3 is 21.2 Å². The van der Waals surface area contributed by atoms with Crippen molar-refractivity contribution < 1.29 is 14.4 Å². The molecule has 0 spiro atoms. The first kappa shape index (κ1) is 13.1. The van der Waals surface area contributed by atoms with Gasteiger partial charge in [-0.05, 0) is 18.6 Å². The maximum absolute atomic E-state index is 12.2. The summed E-state index contributed by atoms with van der Waals surface area (Å²) in [6, 6.07) is 4.46. The molecule has 0 bridgehead atoms. The van der Waals surface area contributed by atoms with E-state index in [1.54, 1.807) is 18.2 Å². The summed E-state index contributed by atoms with van der Waals surface area (Å²) in [7, 11) is 0. The molecule has 1 aliphatic heterocycles. The third-order valence-corrected chi connectivity index (χ3v) is 3.28. The summed E-state index contributed by atoms with van der Waals surface area (Å²) >= 11 is 0. The fourth-order valence-corrected chi connectivity index (χ4v) is 2.23. The van der Waals surface area contributed by atoms with Gasteiger partial charge in [0.25, 0.3) is 5.91 Å². The van der Waals surface area contributed by atoms with Gasteiger partial charge in [-0.25, -0.2) is 0 Å². The van der Waals surface area contributed by atoms with E-state index in [-0.39, 0.29) is 18.7 Å². The molecule has 1 unspecified atom stereocenters. The summed E-state index contributed by atoms with van der Waals surface area (Å²) in [6.45, 7) is 0.295. The lowest BCUT2D eigenvalue weighted by Gasteiger charge is -2.22. The van der Waals surface area contributed by atoms with Crippen molar-refractivity contribution in [3.63, 3.8) is 0 Å². The van der Waals surface area contributed by atoms with Crippen molar-refractivity contribution in [2.75, 3.05) is 5.73 Å². The third kappa shape index (κ3) is 2.42. The number of hydrogen-bond acceptors (Lipinski definition) is 4. The van der Waals surface area contributed by atoms with E-state index >= 15 is 0 Å². The lowest BCUT2D eigenvalue weighted by Crippen LogP contribution is -2.37. The Labute approximate surface area is 110 Å². The van der Waals surface area contributed by atoms with E-state index in [1.807, 2.05) is 0 Å². The first-order valence-corrected chi connectivity index (χ1v) is 5.96. The first-order chi connectivity index (χ1) is 9.04. The van der Waals surface area contributed by atoms with Crippen LogP contribution in [0.2, 0.25) is 0 Å². The smallest absolute Gasteiger partial charge is 0.255 e. The highest BCUT2D eigenvalue weighted by atomic mass is 16.2. The molecule has 0 aromatic heterocycles. The van der Waals surface area contributed by atoms with Crippen LogP contribution in [0, 0.1) is 0 Å². The Morgan fingerprint density at radius 3 is 2.79 bits per heavy atom. The van der Waals surface area contributed by atoms with Crippen LogP contribution < -0.4 is 11.5 Å². The van der Waals surface area contributed by atoms with Gasteiger partial charge in [0.2, 0.25) is 5.91 Å². The van der Waals surface area contributed by atoms with Gasteiger partial charge in [0.1, 0.15) is 6.29 Å². The molecule has 0 radical (unpaired) electrons. The third-order valence-electron chi connectivity index (χ3n) is 3.28. The number of fused-ring (bicyclic) bond motifs is 1. The fourth-order valence-electron chi connectivity index (χ4n) is 2.23. The highest BCUT2D eigenvalue weighted by molar-refractivity contribution is 6.01. The Morgan fingerprint density at radius 2 is 2.21 bits per heavy atom. The average molecular weight is 261 g/mol. The monoisotopic (exact) mass is 261 g/mol. The summed E-state index contributed by atoms with van der Waals surface area (Å²) in [5, 5.41) is 0. The van der Waals surface area contributed by atoms with Crippen molar-refractivity contribution >= 4 is 23.8 Å². The van der Waals surface area contributed by atoms with Gasteiger partial charge in [0.05, 0.1) is 6.04 Å². The predicted molar refractivity (Wildman–Crippen MR) is 69.0 cm³/mol. The molecular formula is C13H15N3O3. The molecule has 4 N–H and O–H groups in total. The number of aldehydes is 1. The summed E-state index contributed by atoms with van der Waals surface area (Å²) in [5.74, 6) is -0.723. The van der Waals surface area contributed by atoms with Gasteiger partial charge in [0, 0.05) is 29.8 Å². The number of hydrogen-bond donors (Lipinski definition) is 2. The van der Waals surface area contributed by atoms with Crippen molar-refractivity contribution in [1.29, 1.82) is 0 Å². The fraction of sp³-hybridized carbons (Fsp3) is 0.308. The Balaban J connectivity index is 2.20. The van der Waals surface area contributed by atoms with Crippen LogP contribution in [0.4, 0.5) is 5.69 Å². The number of benzene rings is 1. The lowest BCUT2D eigenvalue weighted by atomic mass is 10.1. The largest absolute Gasteiger partial charge is 0.398 e. The highest BCUT2D eigenvalue weighted by Crippen LogP contribution is 2.29. The minimum atomic E-state index is -0.646. The van der Waals surface area contributed by atoms with Crippen LogP contribution in [0.3, 0.4) is 0 Å². The van der Waals surface area contributed by atoms with Crippen molar-refractivity contribution in [1.82, 2.24) is 4.90 Å². The van der Waals surface area contributed by atoms with Crippen LogP contribution in [-0.2, 0) is 16.1 Å². The van der Waals surface area contributed by atoms with E-state index < -0.39 is 11.9 Å². The van der Waals surface area contributed by atoms with Crippen LogP contribution in [0.15, 0.2) is 18.2 Å². The van der Waals surface area contributed by atoms with Crippen LogP contribution in [0.25, 0.3) is 0 Å². The minimum absolute atomic E-state index is 0.0685. The van der Waals surface area contributed by atoms with Crippen molar-refractivity contribution in [2.45, 2.75) is 25.4 Å². The molecule has 6 nitrogen and oxygen atoms in total. The highest BCUT2D eigenvalue weighted by Gasteiger charge is 2.33. The zero-order chi connectivity index (χ0) is 14.0. The number of nitrogens with zero attached hydrogens (tertiary/aromatic N) is 1. The molecule has 1 aromatic rings. The molecule has 1 heterocycles. The normalized spacial score (nSPS) is 15.2.